The van der Waals surface area contributed by atoms with E-state index in [1.54, 1.807) is 0 Å². The van der Waals surface area contributed by atoms with Crippen molar-refractivity contribution in [1.29, 1.82) is 0 Å². The Morgan fingerprint density at radius 3 is 1.72 bits per heavy atom. The number of benzene rings is 9. The second-order valence-electron chi connectivity index (χ2n) is 16.6. The molecule has 9 aromatic carbocycles. The molecule has 0 saturated heterocycles. The van der Waals surface area contributed by atoms with Gasteiger partial charge in [0.2, 0.25) is 0 Å². The number of hydrogen-bond donors (Lipinski definition) is 0. The number of anilines is 3. The van der Waals surface area contributed by atoms with Crippen molar-refractivity contribution in [1.82, 2.24) is 0 Å². The van der Waals surface area contributed by atoms with Gasteiger partial charge < -0.3 is 4.90 Å². The first-order valence-corrected chi connectivity index (χ1v) is 23.3. The van der Waals surface area contributed by atoms with Crippen LogP contribution in [-0.2, 0) is 0 Å². The molecule has 1 aliphatic carbocycles. The quantitative estimate of drug-likeness (QED) is 0.155. The summed E-state index contributed by atoms with van der Waals surface area (Å²) in [6, 6.07) is 72.6. The van der Waals surface area contributed by atoms with Gasteiger partial charge in [-0.1, -0.05) is 165 Å². The van der Waals surface area contributed by atoms with E-state index in [1.807, 2.05) is 22.7 Å². The molecule has 2 aromatic heterocycles. The number of rotatable bonds is 7. The van der Waals surface area contributed by atoms with Crippen LogP contribution in [0.1, 0.15) is 43.6 Å². The maximum absolute atomic E-state index is 2.48. The molecule has 1 aliphatic rings. The van der Waals surface area contributed by atoms with Crippen LogP contribution in [0.3, 0.4) is 0 Å². The first-order chi connectivity index (χ1) is 30.3. The minimum atomic E-state index is 0.595. The summed E-state index contributed by atoms with van der Waals surface area (Å²) in [5.41, 5.74) is 12.5. The Kier molecular flexibility index (Phi) is 9.05. The fourth-order valence-electron chi connectivity index (χ4n) is 10.2. The summed E-state index contributed by atoms with van der Waals surface area (Å²) in [7, 11) is 0. The highest BCUT2D eigenvalue weighted by molar-refractivity contribution is 7.26. The molecule has 0 N–H and O–H groups in total. The van der Waals surface area contributed by atoms with Crippen LogP contribution in [0.5, 0.6) is 0 Å². The molecule has 0 amide bonds. The van der Waals surface area contributed by atoms with Crippen LogP contribution >= 0.6 is 22.7 Å². The van der Waals surface area contributed by atoms with Crippen LogP contribution in [0.15, 0.2) is 194 Å². The normalized spacial score (nSPS) is 13.5. The predicted octanol–water partition coefficient (Wildman–Crippen LogP) is 18.1. The smallest absolute Gasteiger partial charge is 0.0540 e. The molecular formula is C58H43NS2. The molecule has 0 spiro atoms. The average molecular weight is 818 g/mol. The lowest BCUT2D eigenvalue weighted by atomic mass is 9.80. The Labute approximate surface area is 364 Å². The lowest BCUT2D eigenvalue weighted by Crippen LogP contribution is -2.11. The molecule has 0 bridgehead atoms. The van der Waals surface area contributed by atoms with Crippen molar-refractivity contribution < 1.29 is 0 Å². The number of nitrogens with zero attached hydrogens (tertiary/aromatic N) is 1. The summed E-state index contributed by atoms with van der Waals surface area (Å²) in [5.74, 6) is 0.595. The van der Waals surface area contributed by atoms with E-state index < -0.39 is 0 Å². The molecule has 292 valence electrons. The first-order valence-electron chi connectivity index (χ1n) is 21.7. The molecule has 0 atom stereocenters. The molecule has 11 aromatic rings. The summed E-state index contributed by atoms with van der Waals surface area (Å²) >= 11 is 3.77. The zero-order valence-corrected chi connectivity index (χ0v) is 35.5. The summed E-state index contributed by atoms with van der Waals surface area (Å²) in [4.78, 5) is 2.48. The van der Waals surface area contributed by atoms with Crippen molar-refractivity contribution >= 4 is 90.9 Å². The maximum Gasteiger partial charge on any atom is 0.0540 e. The molecule has 1 fully saturated rings. The highest BCUT2D eigenvalue weighted by Gasteiger charge is 2.23. The fraction of sp³-hybridized carbons (Fsp3) is 0.103. The summed E-state index contributed by atoms with van der Waals surface area (Å²) in [5, 5.41) is 8.05. The van der Waals surface area contributed by atoms with Gasteiger partial charge in [-0.3, -0.25) is 0 Å². The van der Waals surface area contributed by atoms with Gasteiger partial charge in [0.1, 0.15) is 0 Å². The lowest BCUT2D eigenvalue weighted by molar-refractivity contribution is 0.445. The van der Waals surface area contributed by atoms with Crippen molar-refractivity contribution in [3.05, 3.63) is 200 Å². The Morgan fingerprint density at radius 2 is 0.934 bits per heavy atom. The van der Waals surface area contributed by atoms with E-state index in [9.17, 15) is 0 Å². The van der Waals surface area contributed by atoms with Crippen LogP contribution in [0.4, 0.5) is 17.1 Å². The Morgan fingerprint density at radius 1 is 0.377 bits per heavy atom. The van der Waals surface area contributed by atoms with E-state index in [0.29, 0.717) is 5.92 Å². The summed E-state index contributed by atoms with van der Waals surface area (Å²) in [6.07, 6.45) is 6.51. The van der Waals surface area contributed by atoms with Crippen LogP contribution in [-0.4, -0.2) is 0 Å². The van der Waals surface area contributed by atoms with Gasteiger partial charge in [-0.25, -0.2) is 0 Å². The van der Waals surface area contributed by atoms with Gasteiger partial charge in [0.25, 0.3) is 0 Å². The predicted molar refractivity (Wildman–Crippen MR) is 267 cm³/mol. The van der Waals surface area contributed by atoms with E-state index in [4.69, 9.17) is 0 Å². The highest BCUT2D eigenvalue weighted by Crippen LogP contribution is 2.48. The molecule has 0 unspecified atom stereocenters. The minimum Gasteiger partial charge on any atom is -0.310 e. The third-order valence-corrected chi connectivity index (χ3v) is 15.5. The van der Waals surface area contributed by atoms with Crippen LogP contribution in [0.25, 0.3) is 84.5 Å². The molecule has 1 saturated carbocycles. The molecule has 12 rings (SSSR count). The molecular weight excluding hydrogens is 775 g/mol. The SMILES string of the molecule is c1ccc(N(c2ccc(-c3cccc4c3sc3ccccc34)cc2)c2ccc(-c3cccc4sc5ccccc5c34)cc2)c(-c2cccc3cccc(C4CCCCC4)c23)c1. The highest BCUT2D eigenvalue weighted by atomic mass is 32.1. The van der Waals surface area contributed by atoms with Gasteiger partial charge in [-0.15, -0.1) is 22.7 Å². The third kappa shape index (κ3) is 6.26. The fourth-order valence-corrected chi connectivity index (χ4v) is 12.6. The second-order valence-corrected chi connectivity index (χ2v) is 18.7. The number of fused-ring (bicyclic) bond motifs is 7. The zero-order chi connectivity index (χ0) is 40.3. The van der Waals surface area contributed by atoms with Crippen molar-refractivity contribution in [2.75, 3.05) is 4.90 Å². The van der Waals surface area contributed by atoms with Crippen LogP contribution in [0.2, 0.25) is 0 Å². The monoisotopic (exact) mass is 817 g/mol. The first kappa shape index (κ1) is 36.3. The topological polar surface area (TPSA) is 3.24 Å². The maximum atomic E-state index is 2.48. The molecule has 0 radical (unpaired) electrons. The number of para-hydroxylation sites is 1. The molecule has 2 heterocycles. The molecule has 0 aliphatic heterocycles. The number of hydrogen-bond acceptors (Lipinski definition) is 3. The average Bonchev–Trinajstić information content (AvgIpc) is 3.91. The number of thiophene rings is 2. The molecule has 61 heavy (non-hydrogen) atoms. The minimum absolute atomic E-state index is 0.595. The Balaban J connectivity index is 1.02. The standard InChI is InChI=1S/C58H43NS2/c1-2-14-38(15-3-1)44-21-10-16-41-17-11-24-49(56(41)44)47-18-4-7-26-52(47)59(42-34-30-39(31-35-42)45-22-13-29-55-57(45)51-20-6-9-28-54(51)60-55)43-36-32-40(33-37-43)46-23-12-25-50-48-19-5-8-27-53(48)61-58(46)50/h4-13,16-38H,1-3,14-15H2. The Bertz CT molecular complexity index is 3400. The third-order valence-electron chi connectivity index (χ3n) is 13.1. The van der Waals surface area contributed by atoms with E-state index in [1.165, 1.54) is 128 Å². The lowest BCUT2D eigenvalue weighted by Gasteiger charge is -2.29. The Hall–Kier alpha value is -6.52. The van der Waals surface area contributed by atoms with E-state index in [2.05, 4.69) is 199 Å². The van der Waals surface area contributed by atoms with Gasteiger partial charge in [-0.2, -0.15) is 0 Å². The van der Waals surface area contributed by atoms with Crippen LogP contribution in [0, 0.1) is 0 Å². The summed E-state index contributed by atoms with van der Waals surface area (Å²) < 4.78 is 5.33. The van der Waals surface area contributed by atoms with Gasteiger partial charge >= 0.3 is 0 Å². The van der Waals surface area contributed by atoms with E-state index in [-0.39, 0.29) is 0 Å². The van der Waals surface area contributed by atoms with Gasteiger partial charge in [0.15, 0.2) is 0 Å². The van der Waals surface area contributed by atoms with Crippen molar-refractivity contribution in [3.8, 4) is 33.4 Å². The molecule has 1 nitrogen and oxygen atoms in total. The largest absolute Gasteiger partial charge is 0.310 e. The van der Waals surface area contributed by atoms with E-state index >= 15 is 0 Å². The van der Waals surface area contributed by atoms with Crippen molar-refractivity contribution in [3.63, 3.8) is 0 Å². The van der Waals surface area contributed by atoms with Crippen molar-refractivity contribution in [2.24, 2.45) is 0 Å². The van der Waals surface area contributed by atoms with E-state index in [0.717, 1.165) is 11.4 Å². The zero-order valence-electron chi connectivity index (χ0n) is 33.9. The van der Waals surface area contributed by atoms with Gasteiger partial charge in [-0.05, 0) is 111 Å². The second kappa shape index (κ2) is 15.2. The summed E-state index contributed by atoms with van der Waals surface area (Å²) in [6.45, 7) is 0. The van der Waals surface area contributed by atoms with Crippen molar-refractivity contribution in [2.45, 2.75) is 38.0 Å². The van der Waals surface area contributed by atoms with Crippen LogP contribution < -0.4 is 4.90 Å². The van der Waals surface area contributed by atoms with Gasteiger partial charge in [0.05, 0.1) is 5.69 Å². The van der Waals surface area contributed by atoms with Gasteiger partial charge in [0, 0.05) is 57.3 Å². The molecule has 3 heteroatoms.